The molecule has 0 aliphatic carbocycles. The lowest BCUT2D eigenvalue weighted by atomic mass is 9.85. The summed E-state index contributed by atoms with van der Waals surface area (Å²) in [6.07, 6.45) is 0.623. The Morgan fingerprint density at radius 3 is 2.39 bits per heavy atom. The molecule has 0 aromatic heterocycles. The maximum Gasteiger partial charge on any atom is 0.138 e. The van der Waals surface area contributed by atoms with Gasteiger partial charge >= 0.3 is 0 Å². The molecular formula is C21H21NO. The molecule has 2 atom stereocenters. The van der Waals surface area contributed by atoms with E-state index in [0.29, 0.717) is 18.7 Å². The van der Waals surface area contributed by atoms with Crippen molar-refractivity contribution in [1.82, 2.24) is 4.90 Å². The topological polar surface area (TPSA) is 20.3 Å². The highest BCUT2D eigenvalue weighted by Gasteiger charge is 2.34. The summed E-state index contributed by atoms with van der Waals surface area (Å²) in [5.41, 5.74) is 2.24. The van der Waals surface area contributed by atoms with Crippen molar-refractivity contribution in [3.63, 3.8) is 0 Å². The van der Waals surface area contributed by atoms with Crippen molar-refractivity contribution >= 4 is 5.78 Å². The summed E-state index contributed by atoms with van der Waals surface area (Å²) in [7, 11) is 0. The summed E-state index contributed by atoms with van der Waals surface area (Å²) in [5.74, 6) is 6.86. The maximum atomic E-state index is 12.2. The Hall–Kier alpha value is -2.37. The molecule has 23 heavy (non-hydrogen) atoms. The number of carbonyl (C=O) groups excluding carboxylic acids is 1. The molecule has 2 heteroatoms. The van der Waals surface area contributed by atoms with Gasteiger partial charge in [-0.2, -0.15) is 0 Å². The smallest absolute Gasteiger partial charge is 0.138 e. The number of ketones is 1. The summed E-state index contributed by atoms with van der Waals surface area (Å²) < 4.78 is 0. The number of nitrogens with zero attached hydrogens (tertiary/aromatic N) is 1. The van der Waals surface area contributed by atoms with Gasteiger partial charge in [0, 0.05) is 30.5 Å². The molecule has 1 fully saturated rings. The van der Waals surface area contributed by atoms with Gasteiger partial charge in [-0.3, -0.25) is 9.69 Å². The number of likely N-dealkylation sites (tertiary alicyclic amines) is 1. The molecule has 2 unspecified atom stereocenters. The third-order valence-electron chi connectivity index (χ3n) is 4.45. The second-order valence-electron chi connectivity index (χ2n) is 6.00. The molecule has 1 saturated heterocycles. The Labute approximate surface area is 138 Å². The van der Waals surface area contributed by atoms with Crippen LogP contribution in [-0.4, -0.2) is 23.8 Å². The zero-order chi connectivity index (χ0) is 16.1. The van der Waals surface area contributed by atoms with E-state index < -0.39 is 0 Å². The molecule has 0 spiro atoms. The van der Waals surface area contributed by atoms with E-state index in [2.05, 4.69) is 28.9 Å². The van der Waals surface area contributed by atoms with Gasteiger partial charge in [0.05, 0.1) is 6.54 Å². The van der Waals surface area contributed by atoms with E-state index >= 15 is 0 Å². The number of piperidine rings is 1. The number of hydrogen-bond acceptors (Lipinski definition) is 2. The van der Waals surface area contributed by atoms with Crippen LogP contribution >= 0.6 is 0 Å². The molecule has 0 bridgehead atoms. The predicted molar refractivity (Wildman–Crippen MR) is 92.9 cm³/mol. The van der Waals surface area contributed by atoms with Crippen molar-refractivity contribution in [3.05, 3.63) is 71.8 Å². The van der Waals surface area contributed by atoms with Crippen LogP contribution in [0.3, 0.4) is 0 Å². The van der Waals surface area contributed by atoms with Crippen LogP contribution in [0.15, 0.2) is 60.7 Å². The third-order valence-corrected chi connectivity index (χ3v) is 4.45. The Balaban J connectivity index is 1.79. The van der Waals surface area contributed by atoms with Gasteiger partial charge in [0.25, 0.3) is 0 Å². The second-order valence-corrected chi connectivity index (χ2v) is 6.00. The van der Waals surface area contributed by atoms with Crippen molar-refractivity contribution < 1.29 is 4.79 Å². The molecule has 2 aromatic carbocycles. The first-order valence-corrected chi connectivity index (χ1v) is 8.11. The third kappa shape index (κ3) is 3.70. The fraction of sp³-hybridized carbons (Fsp3) is 0.286. The minimum absolute atomic E-state index is 0.0182. The summed E-state index contributed by atoms with van der Waals surface area (Å²) in [6, 6.07) is 20.5. The highest BCUT2D eigenvalue weighted by atomic mass is 16.1. The molecule has 0 amide bonds. The van der Waals surface area contributed by atoms with E-state index in [0.717, 1.165) is 12.1 Å². The van der Waals surface area contributed by atoms with Gasteiger partial charge in [0.1, 0.15) is 5.78 Å². The summed E-state index contributed by atoms with van der Waals surface area (Å²) in [4.78, 5) is 14.5. The first-order chi connectivity index (χ1) is 11.3. The minimum Gasteiger partial charge on any atom is -0.299 e. The van der Waals surface area contributed by atoms with Crippen molar-refractivity contribution in [2.24, 2.45) is 5.92 Å². The number of Topliss-reactive ketones (excluding diaryl/α,β-unsaturated/α-hetero) is 1. The second kappa shape index (κ2) is 7.26. The Morgan fingerprint density at radius 1 is 1.04 bits per heavy atom. The van der Waals surface area contributed by atoms with Gasteiger partial charge < -0.3 is 0 Å². The lowest BCUT2D eigenvalue weighted by molar-refractivity contribution is -0.128. The highest BCUT2D eigenvalue weighted by molar-refractivity contribution is 5.82. The molecular weight excluding hydrogens is 282 g/mol. The molecule has 2 nitrogen and oxygen atoms in total. The predicted octanol–water partition coefficient (Wildman–Crippen LogP) is 3.69. The van der Waals surface area contributed by atoms with Gasteiger partial charge in [0.15, 0.2) is 0 Å². The molecule has 0 N–H and O–H groups in total. The molecule has 1 aliphatic rings. The van der Waals surface area contributed by atoms with E-state index in [4.69, 9.17) is 0 Å². The first-order valence-electron chi connectivity index (χ1n) is 8.11. The monoisotopic (exact) mass is 303 g/mol. The molecule has 3 rings (SSSR count). The first kappa shape index (κ1) is 15.5. The molecule has 116 valence electrons. The van der Waals surface area contributed by atoms with E-state index in [1.807, 2.05) is 55.5 Å². The lowest BCUT2D eigenvalue weighted by Gasteiger charge is -2.38. The fourth-order valence-electron chi connectivity index (χ4n) is 3.20. The molecule has 0 radical (unpaired) electrons. The normalized spacial score (nSPS) is 21.5. The number of rotatable bonds is 2. The SMILES string of the molecule is CC1C(=O)CCN(CC#Cc2ccccc2)C1c1ccccc1. The van der Waals surface area contributed by atoms with Crippen LogP contribution in [0.25, 0.3) is 0 Å². The van der Waals surface area contributed by atoms with Crippen molar-refractivity contribution in [3.8, 4) is 11.8 Å². The molecule has 2 aromatic rings. The molecule has 1 heterocycles. The summed E-state index contributed by atoms with van der Waals surface area (Å²) in [6.45, 7) is 3.51. The van der Waals surface area contributed by atoms with Gasteiger partial charge in [0.2, 0.25) is 0 Å². The number of benzene rings is 2. The summed E-state index contributed by atoms with van der Waals surface area (Å²) in [5, 5.41) is 0. The molecule has 0 saturated carbocycles. The Bertz CT molecular complexity index is 712. The lowest BCUT2D eigenvalue weighted by Crippen LogP contribution is -2.42. The average Bonchev–Trinajstić information content (AvgIpc) is 2.60. The van der Waals surface area contributed by atoms with Crippen LogP contribution in [0, 0.1) is 17.8 Å². The van der Waals surface area contributed by atoms with Gasteiger partial charge in [-0.1, -0.05) is 67.3 Å². The van der Waals surface area contributed by atoms with E-state index in [1.54, 1.807) is 0 Å². The summed E-state index contributed by atoms with van der Waals surface area (Å²) >= 11 is 0. The van der Waals surface area contributed by atoms with Crippen LogP contribution in [0.1, 0.15) is 30.5 Å². The van der Waals surface area contributed by atoms with Gasteiger partial charge in [-0.25, -0.2) is 0 Å². The minimum atomic E-state index is 0.0182. The highest BCUT2D eigenvalue weighted by Crippen LogP contribution is 2.33. The largest absolute Gasteiger partial charge is 0.299 e. The average molecular weight is 303 g/mol. The van der Waals surface area contributed by atoms with E-state index in [9.17, 15) is 4.79 Å². The van der Waals surface area contributed by atoms with Crippen molar-refractivity contribution in [2.75, 3.05) is 13.1 Å². The van der Waals surface area contributed by atoms with Crippen LogP contribution < -0.4 is 0 Å². The van der Waals surface area contributed by atoms with Crippen LogP contribution in [0.4, 0.5) is 0 Å². The quantitative estimate of drug-likeness (QED) is 0.789. The Morgan fingerprint density at radius 2 is 1.70 bits per heavy atom. The zero-order valence-corrected chi connectivity index (χ0v) is 13.4. The Kier molecular flexibility index (Phi) is 4.90. The van der Waals surface area contributed by atoms with E-state index in [-0.39, 0.29) is 12.0 Å². The zero-order valence-electron chi connectivity index (χ0n) is 13.4. The maximum absolute atomic E-state index is 12.2. The standard InChI is InChI=1S/C21H21NO/c1-17-20(23)14-16-22(21(17)19-12-6-3-7-13-19)15-8-11-18-9-4-2-5-10-18/h2-7,9-10,12-13,17,21H,14-16H2,1H3. The van der Waals surface area contributed by atoms with Crippen LogP contribution in [0.5, 0.6) is 0 Å². The van der Waals surface area contributed by atoms with Crippen molar-refractivity contribution in [1.29, 1.82) is 0 Å². The van der Waals surface area contributed by atoms with Crippen molar-refractivity contribution in [2.45, 2.75) is 19.4 Å². The number of carbonyl (C=O) groups is 1. The van der Waals surface area contributed by atoms with E-state index in [1.165, 1.54) is 5.56 Å². The molecule has 1 aliphatic heterocycles. The number of hydrogen-bond donors (Lipinski definition) is 0. The van der Waals surface area contributed by atoms with Gasteiger partial charge in [-0.15, -0.1) is 0 Å². The van der Waals surface area contributed by atoms with Crippen LogP contribution in [-0.2, 0) is 4.79 Å². The fourth-order valence-corrected chi connectivity index (χ4v) is 3.20. The van der Waals surface area contributed by atoms with Gasteiger partial charge in [-0.05, 0) is 17.7 Å². The van der Waals surface area contributed by atoms with Crippen LogP contribution in [0.2, 0.25) is 0 Å².